The minimum atomic E-state index is -0.743. The van der Waals surface area contributed by atoms with E-state index >= 15 is 0 Å². The standard InChI is InChI=1S/C19H14ClN3O4/c1-2-26-16-8-12(9-21)7-15(20)18(16)27-17(24)11-23-19(25)14-6-4-3-5-13(14)10-22-23/h3-8,10H,2,11H2,1H3. The van der Waals surface area contributed by atoms with Gasteiger partial charge in [0.25, 0.3) is 5.56 Å². The van der Waals surface area contributed by atoms with Crippen molar-refractivity contribution in [3.05, 3.63) is 63.5 Å². The van der Waals surface area contributed by atoms with E-state index in [1.54, 1.807) is 31.2 Å². The second-order valence-electron chi connectivity index (χ2n) is 5.50. The Balaban J connectivity index is 1.88. The van der Waals surface area contributed by atoms with Crippen LogP contribution in [0.4, 0.5) is 0 Å². The lowest BCUT2D eigenvalue weighted by Gasteiger charge is -2.13. The summed E-state index contributed by atoms with van der Waals surface area (Å²) in [5.41, 5.74) is -0.128. The Bertz CT molecular complexity index is 1120. The summed E-state index contributed by atoms with van der Waals surface area (Å²) in [5.74, 6) is -0.572. The molecule has 0 amide bonds. The van der Waals surface area contributed by atoms with Crippen LogP contribution in [0.25, 0.3) is 10.8 Å². The van der Waals surface area contributed by atoms with Crippen LogP contribution in [0.5, 0.6) is 11.5 Å². The number of fused-ring (bicyclic) bond motifs is 1. The van der Waals surface area contributed by atoms with Gasteiger partial charge >= 0.3 is 5.97 Å². The third-order valence-corrected chi connectivity index (χ3v) is 3.98. The molecule has 1 heterocycles. The first-order valence-electron chi connectivity index (χ1n) is 8.05. The summed E-state index contributed by atoms with van der Waals surface area (Å²) >= 11 is 6.11. The maximum atomic E-state index is 12.4. The molecule has 2 aromatic carbocycles. The van der Waals surface area contributed by atoms with Crippen LogP contribution in [0.3, 0.4) is 0 Å². The third kappa shape index (κ3) is 3.91. The normalized spacial score (nSPS) is 10.4. The Morgan fingerprint density at radius 2 is 2.11 bits per heavy atom. The number of rotatable bonds is 5. The highest BCUT2D eigenvalue weighted by Gasteiger charge is 2.18. The van der Waals surface area contributed by atoms with Crippen molar-refractivity contribution in [2.45, 2.75) is 13.5 Å². The fourth-order valence-electron chi connectivity index (χ4n) is 2.50. The molecule has 27 heavy (non-hydrogen) atoms. The molecule has 0 bridgehead atoms. The maximum Gasteiger partial charge on any atom is 0.333 e. The van der Waals surface area contributed by atoms with Gasteiger partial charge in [-0.1, -0.05) is 29.8 Å². The van der Waals surface area contributed by atoms with Crippen LogP contribution in [0.1, 0.15) is 12.5 Å². The molecule has 0 N–H and O–H groups in total. The smallest absolute Gasteiger partial charge is 0.333 e. The molecule has 136 valence electrons. The van der Waals surface area contributed by atoms with Crippen LogP contribution in [0, 0.1) is 11.3 Å². The number of aromatic nitrogens is 2. The molecular formula is C19H14ClN3O4. The van der Waals surface area contributed by atoms with Crippen molar-refractivity contribution < 1.29 is 14.3 Å². The van der Waals surface area contributed by atoms with Crippen LogP contribution in [0.2, 0.25) is 5.02 Å². The van der Waals surface area contributed by atoms with Gasteiger partial charge in [0, 0.05) is 11.5 Å². The summed E-state index contributed by atoms with van der Waals surface area (Å²) < 4.78 is 11.7. The first kappa shape index (κ1) is 18.4. The molecule has 0 saturated carbocycles. The molecule has 0 atom stereocenters. The summed E-state index contributed by atoms with van der Waals surface area (Å²) in [5, 5.41) is 14.2. The Labute approximate surface area is 159 Å². The minimum absolute atomic E-state index is 0.00338. The van der Waals surface area contributed by atoms with Crippen molar-refractivity contribution in [2.75, 3.05) is 6.61 Å². The molecule has 7 nitrogen and oxygen atoms in total. The molecule has 3 rings (SSSR count). The lowest BCUT2D eigenvalue weighted by molar-refractivity contribution is -0.135. The van der Waals surface area contributed by atoms with E-state index in [4.69, 9.17) is 26.3 Å². The van der Waals surface area contributed by atoms with Crippen molar-refractivity contribution >= 4 is 28.3 Å². The molecule has 0 aliphatic carbocycles. The van der Waals surface area contributed by atoms with Gasteiger partial charge in [-0.3, -0.25) is 4.79 Å². The average Bonchev–Trinajstić information content (AvgIpc) is 2.67. The van der Waals surface area contributed by atoms with E-state index in [2.05, 4.69) is 5.10 Å². The van der Waals surface area contributed by atoms with E-state index in [9.17, 15) is 9.59 Å². The number of nitrogens with zero attached hydrogens (tertiary/aromatic N) is 3. The minimum Gasteiger partial charge on any atom is -0.490 e. The molecule has 3 aromatic rings. The van der Waals surface area contributed by atoms with Crippen LogP contribution in [-0.2, 0) is 11.3 Å². The maximum absolute atomic E-state index is 12.4. The van der Waals surface area contributed by atoms with Crippen LogP contribution in [-0.4, -0.2) is 22.4 Å². The number of halogens is 1. The Morgan fingerprint density at radius 3 is 2.85 bits per heavy atom. The highest BCUT2D eigenvalue weighted by Crippen LogP contribution is 2.36. The first-order valence-corrected chi connectivity index (χ1v) is 8.43. The fraction of sp³-hybridized carbons (Fsp3) is 0.158. The SMILES string of the molecule is CCOc1cc(C#N)cc(Cl)c1OC(=O)Cn1ncc2ccccc2c1=O. The third-order valence-electron chi connectivity index (χ3n) is 3.70. The Hall–Kier alpha value is -3.37. The van der Waals surface area contributed by atoms with Crippen LogP contribution in [0.15, 0.2) is 47.4 Å². The number of benzene rings is 2. The summed E-state index contributed by atoms with van der Waals surface area (Å²) in [6, 6.07) is 11.7. The monoisotopic (exact) mass is 383 g/mol. The second kappa shape index (κ2) is 7.89. The van der Waals surface area contributed by atoms with E-state index in [-0.39, 0.29) is 22.1 Å². The number of carbonyl (C=O) groups excluding carboxylic acids is 1. The fourth-order valence-corrected chi connectivity index (χ4v) is 2.75. The molecule has 0 radical (unpaired) electrons. The van der Waals surface area contributed by atoms with Crippen LogP contribution >= 0.6 is 11.6 Å². The van der Waals surface area contributed by atoms with Gasteiger partial charge in [0.15, 0.2) is 11.5 Å². The van der Waals surface area contributed by atoms with E-state index in [0.717, 1.165) is 4.68 Å². The zero-order valence-corrected chi connectivity index (χ0v) is 15.1. The zero-order valence-electron chi connectivity index (χ0n) is 14.3. The summed E-state index contributed by atoms with van der Waals surface area (Å²) in [7, 11) is 0. The first-order chi connectivity index (χ1) is 13.0. The zero-order chi connectivity index (χ0) is 19.4. The number of esters is 1. The Morgan fingerprint density at radius 1 is 1.33 bits per heavy atom. The van der Waals surface area contributed by atoms with Gasteiger partial charge in [0.1, 0.15) is 6.54 Å². The van der Waals surface area contributed by atoms with Crippen LogP contribution < -0.4 is 15.0 Å². The number of ether oxygens (including phenoxy) is 2. The van der Waals surface area contributed by atoms with E-state index < -0.39 is 18.1 Å². The quantitative estimate of drug-likeness (QED) is 0.496. The molecule has 0 fully saturated rings. The highest BCUT2D eigenvalue weighted by atomic mass is 35.5. The molecule has 1 aromatic heterocycles. The number of hydrogen-bond donors (Lipinski definition) is 0. The molecule has 0 aliphatic heterocycles. The van der Waals surface area contributed by atoms with Gasteiger partial charge in [-0.05, 0) is 19.1 Å². The summed E-state index contributed by atoms with van der Waals surface area (Å²) in [6.45, 7) is 1.64. The average molecular weight is 384 g/mol. The van der Waals surface area contributed by atoms with Crippen molar-refractivity contribution in [1.82, 2.24) is 9.78 Å². The lowest BCUT2D eigenvalue weighted by Crippen LogP contribution is -2.28. The predicted molar refractivity (Wildman–Crippen MR) is 99.0 cm³/mol. The second-order valence-corrected chi connectivity index (χ2v) is 5.91. The van der Waals surface area contributed by atoms with Gasteiger partial charge in [0.2, 0.25) is 0 Å². The van der Waals surface area contributed by atoms with Crippen molar-refractivity contribution in [1.29, 1.82) is 5.26 Å². The van der Waals surface area contributed by atoms with Gasteiger partial charge < -0.3 is 9.47 Å². The molecule has 8 heteroatoms. The van der Waals surface area contributed by atoms with E-state index in [0.29, 0.717) is 17.4 Å². The van der Waals surface area contributed by atoms with Crippen molar-refractivity contribution in [3.8, 4) is 17.6 Å². The number of carbonyl (C=O) groups is 1. The highest BCUT2D eigenvalue weighted by molar-refractivity contribution is 6.32. The molecule has 0 saturated heterocycles. The molecule has 0 aliphatic rings. The molecule has 0 unspecified atom stereocenters. The van der Waals surface area contributed by atoms with Gasteiger partial charge in [-0.25, -0.2) is 9.48 Å². The summed E-state index contributed by atoms with van der Waals surface area (Å²) in [4.78, 5) is 24.8. The van der Waals surface area contributed by atoms with E-state index in [1.165, 1.54) is 18.3 Å². The van der Waals surface area contributed by atoms with Gasteiger partial charge in [0.05, 0.1) is 34.8 Å². The van der Waals surface area contributed by atoms with Crippen molar-refractivity contribution in [3.63, 3.8) is 0 Å². The molecule has 0 spiro atoms. The topological polar surface area (TPSA) is 94.2 Å². The van der Waals surface area contributed by atoms with E-state index in [1.807, 2.05) is 6.07 Å². The predicted octanol–water partition coefficient (Wildman–Crippen LogP) is 2.93. The van der Waals surface area contributed by atoms with Gasteiger partial charge in [-0.2, -0.15) is 10.4 Å². The van der Waals surface area contributed by atoms with Crippen molar-refractivity contribution in [2.24, 2.45) is 0 Å². The summed E-state index contributed by atoms with van der Waals surface area (Å²) in [6.07, 6.45) is 1.50. The number of hydrogen-bond acceptors (Lipinski definition) is 6. The number of nitriles is 1. The molecular weight excluding hydrogens is 370 g/mol. The largest absolute Gasteiger partial charge is 0.490 e. The van der Waals surface area contributed by atoms with Gasteiger partial charge in [-0.15, -0.1) is 0 Å². The lowest BCUT2D eigenvalue weighted by atomic mass is 10.2. The Kier molecular flexibility index (Phi) is 5.38.